The van der Waals surface area contributed by atoms with E-state index in [2.05, 4.69) is 20.6 Å². The summed E-state index contributed by atoms with van der Waals surface area (Å²) in [6.07, 6.45) is 3.07. The zero-order valence-electron chi connectivity index (χ0n) is 10.5. The van der Waals surface area contributed by atoms with E-state index in [4.69, 9.17) is 5.84 Å². The van der Waals surface area contributed by atoms with Gasteiger partial charge in [-0.2, -0.15) is 4.31 Å². The van der Waals surface area contributed by atoms with E-state index in [1.165, 1.54) is 16.6 Å². The van der Waals surface area contributed by atoms with Gasteiger partial charge in [-0.25, -0.2) is 19.2 Å². The van der Waals surface area contributed by atoms with Crippen LogP contribution in [0.4, 0.5) is 5.82 Å². The summed E-state index contributed by atoms with van der Waals surface area (Å²) in [6.45, 7) is 1.06. The van der Waals surface area contributed by atoms with Gasteiger partial charge in [-0.1, -0.05) is 0 Å². The number of rotatable bonds is 3. The molecule has 0 aromatic carbocycles. The Bertz CT molecular complexity index is 727. The van der Waals surface area contributed by atoms with E-state index in [9.17, 15) is 8.42 Å². The minimum atomic E-state index is -3.68. The first-order valence-electron chi connectivity index (χ1n) is 5.91. The largest absolute Gasteiger partial charge is 0.315 e. The average Bonchev–Trinajstić information content (AvgIpc) is 2.94. The van der Waals surface area contributed by atoms with Crippen LogP contribution in [0.25, 0.3) is 0 Å². The Morgan fingerprint density at radius 2 is 2.20 bits per heavy atom. The Labute approximate surface area is 115 Å². The second-order valence-corrected chi connectivity index (χ2v) is 6.18. The lowest BCUT2D eigenvalue weighted by atomic mass is 10.4. The average molecular weight is 295 g/mol. The van der Waals surface area contributed by atoms with E-state index in [0.29, 0.717) is 18.9 Å². The number of pyridine rings is 1. The maximum atomic E-state index is 12.6. The third-order valence-corrected chi connectivity index (χ3v) is 5.01. The molecule has 0 saturated heterocycles. The number of nitrogens with two attached hydrogens (primary N) is 1. The van der Waals surface area contributed by atoms with Gasteiger partial charge in [0, 0.05) is 19.3 Å². The van der Waals surface area contributed by atoms with E-state index in [0.717, 1.165) is 0 Å². The van der Waals surface area contributed by atoms with Gasteiger partial charge in [-0.05, 0) is 12.1 Å². The predicted octanol–water partition coefficient (Wildman–Crippen LogP) is -0.837. The SMILES string of the molecule is NNc1ncccc1S(=O)(=O)N1CCn2cnnc2C1. The molecule has 0 atom stereocenters. The second-order valence-electron chi connectivity index (χ2n) is 4.27. The molecule has 0 aliphatic carbocycles. The Balaban J connectivity index is 1.97. The molecule has 0 unspecified atom stereocenters. The zero-order chi connectivity index (χ0) is 14.2. The molecule has 1 aliphatic heterocycles. The van der Waals surface area contributed by atoms with Crippen LogP contribution in [0.15, 0.2) is 29.6 Å². The smallest absolute Gasteiger partial charge is 0.247 e. The Hall–Kier alpha value is -2.04. The lowest BCUT2D eigenvalue weighted by Crippen LogP contribution is -2.38. The molecule has 3 heterocycles. The predicted molar refractivity (Wildman–Crippen MR) is 69.7 cm³/mol. The van der Waals surface area contributed by atoms with Crippen molar-refractivity contribution >= 4 is 15.8 Å². The van der Waals surface area contributed by atoms with Crippen molar-refractivity contribution in [1.29, 1.82) is 0 Å². The fourth-order valence-electron chi connectivity index (χ4n) is 2.10. The van der Waals surface area contributed by atoms with Crippen LogP contribution in [0.5, 0.6) is 0 Å². The summed E-state index contributed by atoms with van der Waals surface area (Å²) in [7, 11) is -3.68. The fraction of sp³-hybridized carbons (Fsp3) is 0.300. The molecule has 3 N–H and O–H groups in total. The van der Waals surface area contributed by atoms with Crippen LogP contribution >= 0.6 is 0 Å². The number of nitrogens with zero attached hydrogens (tertiary/aromatic N) is 5. The van der Waals surface area contributed by atoms with Crippen molar-refractivity contribution in [2.24, 2.45) is 5.84 Å². The molecule has 1 aliphatic rings. The maximum Gasteiger partial charge on any atom is 0.247 e. The summed E-state index contributed by atoms with van der Waals surface area (Å²) < 4.78 is 28.4. The maximum absolute atomic E-state index is 12.6. The fourth-order valence-corrected chi connectivity index (χ4v) is 3.59. The van der Waals surface area contributed by atoms with Gasteiger partial charge >= 0.3 is 0 Å². The van der Waals surface area contributed by atoms with Crippen molar-refractivity contribution in [2.75, 3.05) is 12.0 Å². The van der Waals surface area contributed by atoms with E-state index < -0.39 is 10.0 Å². The first-order valence-corrected chi connectivity index (χ1v) is 7.35. The monoisotopic (exact) mass is 295 g/mol. The molecule has 3 rings (SSSR count). The molecule has 9 nitrogen and oxygen atoms in total. The van der Waals surface area contributed by atoms with Crippen molar-refractivity contribution in [2.45, 2.75) is 18.0 Å². The van der Waals surface area contributed by atoms with E-state index in [1.807, 2.05) is 4.57 Å². The topological polar surface area (TPSA) is 119 Å². The van der Waals surface area contributed by atoms with Crippen molar-refractivity contribution in [3.05, 3.63) is 30.5 Å². The number of aromatic nitrogens is 4. The standard InChI is InChI=1S/C10H13N7O2S/c11-14-10-8(2-1-3-12-10)20(18,19)17-5-4-16-7-13-15-9(16)6-17/h1-3,7H,4-6,11H2,(H,12,14). The minimum absolute atomic E-state index is 0.0514. The minimum Gasteiger partial charge on any atom is -0.315 e. The quantitative estimate of drug-likeness (QED) is 0.560. The van der Waals surface area contributed by atoms with Crippen LogP contribution in [0, 0.1) is 0 Å². The molecule has 10 heteroatoms. The van der Waals surface area contributed by atoms with Gasteiger partial charge in [0.1, 0.15) is 17.0 Å². The highest BCUT2D eigenvalue weighted by Gasteiger charge is 2.31. The molecule has 0 saturated carbocycles. The van der Waals surface area contributed by atoms with Crippen molar-refractivity contribution in [3.8, 4) is 0 Å². The van der Waals surface area contributed by atoms with Crippen LogP contribution in [-0.2, 0) is 23.1 Å². The molecular formula is C10H13N7O2S. The van der Waals surface area contributed by atoms with Crippen molar-refractivity contribution < 1.29 is 8.42 Å². The molecule has 0 radical (unpaired) electrons. The number of hydrogen-bond acceptors (Lipinski definition) is 7. The number of hydrogen-bond donors (Lipinski definition) is 2. The van der Waals surface area contributed by atoms with Crippen LogP contribution in [0.3, 0.4) is 0 Å². The summed E-state index contributed by atoms with van der Waals surface area (Å²) >= 11 is 0. The third kappa shape index (κ3) is 2.03. The molecule has 20 heavy (non-hydrogen) atoms. The number of anilines is 1. The number of sulfonamides is 1. The highest BCUT2D eigenvalue weighted by molar-refractivity contribution is 7.89. The Morgan fingerprint density at radius 1 is 1.35 bits per heavy atom. The Kier molecular flexibility index (Phi) is 3.12. The number of hydrazine groups is 1. The van der Waals surface area contributed by atoms with Crippen LogP contribution in [0.1, 0.15) is 5.82 Å². The molecular weight excluding hydrogens is 282 g/mol. The van der Waals surface area contributed by atoms with Crippen molar-refractivity contribution in [1.82, 2.24) is 24.1 Å². The van der Waals surface area contributed by atoms with E-state index in [-0.39, 0.29) is 17.3 Å². The van der Waals surface area contributed by atoms with Gasteiger partial charge in [-0.3, -0.25) is 0 Å². The van der Waals surface area contributed by atoms with Crippen molar-refractivity contribution in [3.63, 3.8) is 0 Å². The van der Waals surface area contributed by atoms with Gasteiger partial charge in [0.2, 0.25) is 10.0 Å². The summed E-state index contributed by atoms with van der Waals surface area (Å²) in [5, 5.41) is 7.68. The first kappa shape index (κ1) is 13.0. The first-order chi connectivity index (χ1) is 9.63. The van der Waals surface area contributed by atoms with Gasteiger partial charge in [0.25, 0.3) is 0 Å². The summed E-state index contributed by atoms with van der Waals surface area (Å²) in [5.41, 5.74) is 2.30. The highest BCUT2D eigenvalue weighted by Crippen LogP contribution is 2.24. The number of nitrogens with one attached hydrogen (secondary N) is 1. The van der Waals surface area contributed by atoms with Gasteiger partial charge < -0.3 is 9.99 Å². The summed E-state index contributed by atoms with van der Waals surface area (Å²) in [4.78, 5) is 3.97. The molecule has 0 spiro atoms. The van der Waals surface area contributed by atoms with Gasteiger partial charge in [0.15, 0.2) is 5.82 Å². The lowest BCUT2D eigenvalue weighted by Gasteiger charge is -2.26. The molecule has 106 valence electrons. The van der Waals surface area contributed by atoms with Crippen LogP contribution in [-0.4, -0.2) is 39.0 Å². The number of fused-ring (bicyclic) bond motifs is 1. The summed E-state index contributed by atoms with van der Waals surface area (Å²) in [6, 6.07) is 3.02. The third-order valence-electron chi connectivity index (χ3n) is 3.13. The van der Waals surface area contributed by atoms with E-state index >= 15 is 0 Å². The second kappa shape index (κ2) is 4.81. The molecule has 0 fully saturated rings. The molecule has 2 aromatic heterocycles. The van der Waals surface area contributed by atoms with Gasteiger partial charge in [-0.15, -0.1) is 10.2 Å². The van der Waals surface area contributed by atoms with Gasteiger partial charge in [0.05, 0.1) is 6.54 Å². The number of nitrogen functional groups attached to an aromatic ring is 1. The lowest BCUT2D eigenvalue weighted by molar-refractivity contribution is 0.335. The Morgan fingerprint density at radius 3 is 3.00 bits per heavy atom. The summed E-state index contributed by atoms with van der Waals surface area (Å²) in [5.74, 6) is 6.06. The molecule has 0 bridgehead atoms. The molecule has 0 amide bonds. The van der Waals surface area contributed by atoms with Crippen LogP contribution in [0.2, 0.25) is 0 Å². The van der Waals surface area contributed by atoms with Crippen LogP contribution < -0.4 is 11.3 Å². The zero-order valence-corrected chi connectivity index (χ0v) is 11.3. The highest BCUT2D eigenvalue weighted by atomic mass is 32.2. The van der Waals surface area contributed by atoms with E-state index in [1.54, 1.807) is 12.4 Å². The normalized spacial score (nSPS) is 15.8. The molecule has 2 aromatic rings.